The zero-order chi connectivity index (χ0) is 31.3. The molecule has 0 aliphatic heterocycles. The smallest absolute Gasteiger partial charge is 0.338 e. The van der Waals surface area contributed by atoms with Crippen molar-refractivity contribution in [3.63, 3.8) is 0 Å². The first kappa shape index (κ1) is 31.0. The van der Waals surface area contributed by atoms with Crippen LogP contribution in [0.1, 0.15) is 38.3 Å². The van der Waals surface area contributed by atoms with E-state index in [4.69, 9.17) is 18.9 Å². The number of carbonyl (C=O) groups is 3. The minimum atomic E-state index is -0.673. The molecule has 0 saturated heterocycles. The largest absolute Gasteiger partial charge is 0.490 e. The van der Waals surface area contributed by atoms with Crippen molar-refractivity contribution in [3.8, 4) is 39.5 Å². The van der Waals surface area contributed by atoms with Gasteiger partial charge in [-0.05, 0) is 86.6 Å². The molecule has 0 spiro atoms. The summed E-state index contributed by atoms with van der Waals surface area (Å²) in [5.74, 6) is -1.30. The van der Waals surface area contributed by atoms with Gasteiger partial charge in [0.1, 0.15) is 36.3 Å². The second kappa shape index (κ2) is 13.3. The Bertz CT molecular complexity index is 1650. The van der Waals surface area contributed by atoms with Crippen LogP contribution < -0.4 is 14.2 Å². The lowest BCUT2D eigenvalue weighted by molar-refractivity contribution is -0.139. The van der Waals surface area contributed by atoms with Gasteiger partial charge in [-0.15, -0.1) is 0 Å². The van der Waals surface area contributed by atoms with Crippen molar-refractivity contribution in [2.75, 3.05) is 13.2 Å². The maximum absolute atomic E-state index is 15.8. The minimum absolute atomic E-state index is 0.0866. The molecule has 1 aliphatic rings. The first-order valence-electron chi connectivity index (χ1n) is 13.8. The van der Waals surface area contributed by atoms with E-state index in [2.05, 4.69) is 19.7 Å². The number of hydrogen-bond acceptors (Lipinski definition) is 7. The number of rotatable bonds is 11. The summed E-state index contributed by atoms with van der Waals surface area (Å²) in [4.78, 5) is 36.0. The van der Waals surface area contributed by atoms with Crippen LogP contribution in [-0.4, -0.2) is 31.1 Å². The van der Waals surface area contributed by atoms with Crippen LogP contribution in [0.15, 0.2) is 85.0 Å². The molecule has 1 aliphatic carbocycles. The summed E-state index contributed by atoms with van der Waals surface area (Å²) in [6.07, 6.45) is 2.48. The molecule has 8 heteroatoms. The van der Waals surface area contributed by atoms with E-state index in [-0.39, 0.29) is 35.9 Å². The predicted molar refractivity (Wildman–Crippen MR) is 161 cm³/mol. The van der Waals surface area contributed by atoms with Crippen molar-refractivity contribution in [1.82, 2.24) is 0 Å². The molecular formula is C35H33FO7. The second-order valence-corrected chi connectivity index (χ2v) is 10.4. The lowest BCUT2D eigenvalue weighted by Gasteiger charge is -2.16. The van der Waals surface area contributed by atoms with Crippen molar-refractivity contribution in [2.24, 2.45) is 0 Å². The summed E-state index contributed by atoms with van der Waals surface area (Å²) in [7, 11) is 0. The fourth-order valence-corrected chi connectivity index (χ4v) is 4.64. The molecule has 43 heavy (non-hydrogen) atoms. The van der Waals surface area contributed by atoms with E-state index in [1.807, 2.05) is 12.1 Å². The van der Waals surface area contributed by atoms with Gasteiger partial charge in [-0.25, -0.2) is 18.8 Å². The Morgan fingerprint density at radius 1 is 0.698 bits per heavy atom. The number of halogens is 1. The first-order valence-corrected chi connectivity index (χ1v) is 13.8. The third-order valence-electron chi connectivity index (χ3n) is 6.80. The Morgan fingerprint density at radius 2 is 1.33 bits per heavy atom. The van der Waals surface area contributed by atoms with Crippen molar-refractivity contribution in [2.45, 2.75) is 40.0 Å². The summed E-state index contributed by atoms with van der Waals surface area (Å²) in [6, 6.07) is 13.0. The van der Waals surface area contributed by atoms with Crippen LogP contribution >= 0.6 is 0 Å². The lowest BCUT2D eigenvalue weighted by atomic mass is 9.94. The minimum Gasteiger partial charge on any atom is -0.490 e. The van der Waals surface area contributed by atoms with Crippen LogP contribution in [0.3, 0.4) is 0 Å². The number of ether oxygens (including phenoxy) is 4. The van der Waals surface area contributed by atoms with Gasteiger partial charge in [-0.3, -0.25) is 0 Å². The van der Waals surface area contributed by atoms with Crippen LogP contribution in [-0.2, 0) is 32.0 Å². The van der Waals surface area contributed by atoms with Crippen molar-refractivity contribution < 1.29 is 37.7 Å². The molecule has 3 aromatic rings. The van der Waals surface area contributed by atoms with Crippen LogP contribution in [0, 0.1) is 5.82 Å². The van der Waals surface area contributed by atoms with Gasteiger partial charge in [0.25, 0.3) is 0 Å². The highest BCUT2D eigenvalue weighted by Gasteiger charge is 2.23. The number of hydrogen-bond donors (Lipinski definition) is 0. The van der Waals surface area contributed by atoms with Crippen LogP contribution in [0.5, 0.6) is 17.2 Å². The fraction of sp³-hybridized carbons (Fsp3) is 0.229. The Hall–Kier alpha value is -4.98. The second-order valence-electron chi connectivity index (χ2n) is 10.4. The molecule has 0 atom stereocenters. The maximum atomic E-state index is 15.8. The molecular weight excluding hydrogens is 551 g/mol. The van der Waals surface area contributed by atoms with Crippen molar-refractivity contribution in [1.29, 1.82) is 0 Å². The van der Waals surface area contributed by atoms with E-state index in [1.165, 1.54) is 32.0 Å². The standard InChI is InChI=1S/C35H33FO7/c1-20(2)33(37)41-17-16-40-31-15-14-27(26-8-7-9-29(26)31)28-12-10-23(18-30(28)36)25-13-11-24(42-34(38)21(3)4)19-32(25)43-35(39)22(5)6/h10-15,18-19H,1,3,5,7-9,16-17H2,2,4,6H3. The molecule has 0 unspecified atom stereocenters. The fourth-order valence-electron chi connectivity index (χ4n) is 4.64. The summed E-state index contributed by atoms with van der Waals surface area (Å²) < 4.78 is 37.6. The molecule has 0 bridgehead atoms. The molecule has 3 aromatic carbocycles. The van der Waals surface area contributed by atoms with E-state index in [0.29, 0.717) is 28.0 Å². The van der Waals surface area contributed by atoms with E-state index >= 15 is 4.39 Å². The van der Waals surface area contributed by atoms with Crippen LogP contribution in [0.25, 0.3) is 22.3 Å². The predicted octanol–water partition coefficient (Wildman–Crippen LogP) is 7.11. The average Bonchev–Trinajstić information content (AvgIpc) is 3.46. The van der Waals surface area contributed by atoms with E-state index in [0.717, 1.165) is 36.0 Å². The highest BCUT2D eigenvalue weighted by molar-refractivity contribution is 5.91. The quantitative estimate of drug-likeness (QED) is 0.103. The summed E-state index contributed by atoms with van der Waals surface area (Å²) in [5, 5.41) is 0. The Labute approximate surface area is 250 Å². The number of carbonyl (C=O) groups excluding carboxylic acids is 3. The molecule has 0 N–H and O–H groups in total. The molecule has 0 aromatic heterocycles. The Balaban J connectivity index is 1.62. The molecule has 7 nitrogen and oxygen atoms in total. The number of benzene rings is 3. The molecule has 4 rings (SSSR count). The summed E-state index contributed by atoms with van der Waals surface area (Å²) in [6.45, 7) is 15.6. The third-order valence-corrected chi connectivity index (χ3v) is 6.80. The highest BCUT2D eigenvalue weighted by Crippen LogP contribution is 2.41. The van der Waals surface area contributed by atoms with Gasteiger partial charge < -0.3 is 18.9 Å². The zero-order valence-electron chi connectivity index (χ0n) is 24.5. The topological polar surface area (TPSA) is 88.1 Å². The summed E-state index contributed by atoms with van der Waals surface area (Å²) >= 11 is 0. The highest BCUT2D eigenvalue weighted by atomic mass is 19.1. The maximum Gasteiger partial charge on any atom is 0.338 e. The average molecular weight is 585 g/mol. The molecule has 222 valence electrons. The molecule has 0 amide bonds. The molecule has 0 fully saturated rings. The van der Waals surface area contributed by atoms with Gasteiger partial charge in [0, 0.05) is 33.9 Å². The van der Waals surface area contributed by atoms with Gasteiger partial charge in [0.2, 0.25) is 0 Å². The third kappa shape index (κ3) is 7.27. The van der Waals surface area contributed by atoms with Crippen molar-refractivity contribution >= 4 is 17.9 Å². The van der Waals surface area contributed by atoms with E-state index < -0.39 is 23.7 Å². The molecule has 0 heterocycles. The lowest BCUT2D eigenvalue weighted by Crippen LogP contribution is -2.13. The van der Waals surface area contributed by atoms with Crippen LogP contribution in [0.4, 0.5) is 4.39 Å². The normalized spacial score (nSPS) is 11.7. The van der Waals surface area contributed by atoms with E-state index in [9.17, 15) is 14.4 Å². The van der Waals surface area contributed by atoms with Gasteiger partial charge in [-0.1, -0.05) is 37.9 Å². The van der Waals surface area contributed by atoms with Gasteiger partial charge in [-0.2, -0.15) is 0 Å². The van der Waals surface area contributed by atoms with Gasteiger partial charge in [0.15, 0.2) is 0 Å². The Kier molecular flexibility index (Phi) is 9.60. The summed E-state index contributed by atoms with van der Waals surface area (Å²) in [5.41, 5.74) is 4.82. The number of fused-ring (bicyclic) bond motifs is 1. The zero-order valence-corrected chi connectivity index (χ0v) is 24.5. The van der Waals surface area contributed by atoms with Gasteiger partial charge in [0.05, 0.1) is 0 Å². The SMILES string of the molecule is C=C(C)C(=O)OCCOc1ccc(-c2ccc(-c3ccc(OC(=O)C(=C)C)cc3OC(=O)C(=C)C)cc2F)c2c1CCC2. The molecule has 0 radical (unpaired) electrons. The van der Waals surface area contributed by atoms with Crippen molar-refractivity contribution in [3.05, 3.63) is 102 Å². The van der Waals surface area contributed by atoms with E-state index in [1.54, 1.807) is 25.1 Å². The molecule has 0 saturated carbocycles. The van der Waals surface area contributed by atoms with Crippen LogP contribution in [0.2, 0.25) is 0 Å². The van der Waals surface area contributed by atoms with Gasteiger partial charge >= 0.3 is 17.9 Å². The Morgan fingerprint density at radius 3 is 2.00 bits per heavy atom. The monoisotopic (exact) mass is 584 g/mol. The number of esters is 3. The first-order chi connectivity index (χ1) is 20.5.